The first kappa shape index (κ1) is 9.77. The first-order valence-electron chi connectivity index (χ1n) is 4.74. The molecule has 0 atom stereocenters. The Balaban J connectivity index is 2.77. The Hall–Kier alpha value is -1.77. The molecule has 0 aliphatic carbocycles. The molecule has 2 heterocycles. The van der Waals surface area contributed by atoms with Crippen LogP contribution in [-0.4, -0.2) is 9.97 Å². The lowest BCUT2D eigenvalue weighted by molar-refractivity contribution is 0.611. The maximum atomic E-state index is 13.5. The Morgan fingerprint density at radius 2 is 2.27 bits per heavy atom. The van der Waals surface area contributed by atoms with Crippen LogP contribution < -0.4 is 0 Å². The van der Waals surface area contributed by atoms with Crippen molar-refractivity contribution in [1.29, 1.82) is 0 Å². The first-order chi connectivity index (χ1) is 7.22. The minimum Gasteiger partial charge on any atom is -0.252 e. The predicted octanol–water partition coefficient (Wildman–Crippen LogP) is 2.81. The third kappa shape index (κ3) is 1.73. The molecule has 3 heteroatoms. The van der Waals surface area contributed by atoms with E-state index in [0.29, 0.717) is 17.5 Å². The van der Waals surface area contributed by atoms with Gasteiger partial charge in [0.1, 0.15) is 5.82 Å². The quantitative estimate of drug-likeness (QED) is 0.700. The van der Waals surface area contributed by atoms with Crippen LogP contribution in [0.3, 0.4) is 0 Å². The van der Waals surface area contributed by atoms with Crippen molar-refractivity contribution in [2.24, 2.45) is 0 Å². The van der Waals surface area contributed by atoms with Crippen molar-refractivity contribution in [3.05, 3.63) is 48.1 Å². The van der Waals surface area contributed by atoms with Crippen LogP contribution >= 0.6 is 0 Å². The highest BCUT2D eigenvalue weighted by Crippen LogP contribution is 2.18. The zero-order chi connectivity index (χ0) is 10.8. The van der Waals surface area contributed by atoms with Crippen LogP contribution in [-0.2, 0) is 6.42 Å². The monoisotopic (exact) mass is 202 g/mol. The molecule has 15 heavy (non-hydrogen) atoms. The summed E-state index contributed by atoms with van der Waals surface area (Å²) in [6.07, 6.45) is 3.38. The molecule has 0 saturated carbocycles. The number of aryl methyl sites for hydroxylation is 1. The normalized spacial score (nSPS) is 10.5. The van der Waals surface area contributed by atoms with Gasteiger partial charge in [0, 0.05) is 11.3 Å². The smallest absolute Gasteiger partial charge is 0.147 e. The number of rotatable bonds is 2. The minimum atomic E-state index is -0.319. The third-order valence-electron chi connectivity index (χ3n) is 2.25. The van der Waals surface area contributed by atoms with E-state index in [9.17, 15) is 4.39 Å². The van der Waals surface area contributed by atoms with Crippen LogP contribution in [0.25, 0.3) is 11.0 Å². The van der Waals surface area contributed by atoms with E-state index < -0.39 is 0 Å². The molecule has 0 aromatic carbocycles. The van der Waals surface area contributed by atoms with Crippen LogP contribution in [0.2, 0.25) is 0 Å². The maximum Gasteiger partial charge on any atom is 0.147 e. The van der Waals surface area contributed by atoms with Crippen molar-refractivity contribution in [3.63, 3.8) is 0 Å². The van der Waals surface area contributed by atoms with E-state index in [1.54, 1.807) is 6.08 Å². The van der Waals surface area contributed by atoms with Crippen molar-refractivity contribution in [3.8, 4) is 0 Å². The van der Waals surface area contributed by atoms with Gasteiger partial charge in [0.05, 0.1) is 17.2 Å². The van der Waals surface area contributed by atoms with E-state index in [-0.39, 0.29) is 5.82 Å². The molecule has 0 bridgehead atoms. The van der Waals surface area contributed by atoms with Gasteiger partial charge in [-0.2, -0.15) is 0 Å². The van der Waals surface area contributed by atoms with E-state index in [0.717, 1.165) is 11.2 Å². The predicted molar refractivity (Wildman–Crippen MR) is 58.1 cm³/mol. The molecule has 0 amide bonds. The summed E-state index contributed by atoms with van der Waals surface area (Å²) in [4.78, 5) is 8.30. The Morgan fingerprint density at radius 3 is 3.00 bits per heavy atom. The lowest BCUT2D eigenvalue weighted by Gasteiger charge is -2.04. The highest BCUT2D eigenvalue weighted by Gasteiger charge is 2.08. The molecule has 76 valence electrons. The fourth-order valence-electron chi connectivity index (χ4n) is 1.53. The molecule has 0 aliphatic rings. The molecule has 2 rings (SSSR count). The second kappa shape index (κ2) is 3.77. The number of hydrogen-bond donors (Lipinski definition) is 0. The molecule has 0 spiro atoms. The van der Waals surface area contributed by atoms with E-state index in [4.69, 9.17) is 0 Å². The van der Waals surface area contributed by atoms with Crippen LogP contribution in [0.1, 0.15) is 11.3 Å². The fourth-order valence-corrected chi connectivity index (χ4v) is 1.53. The first-order valence-corrected chi connectivity index (χ1v) is 4.74. The van der Waals surface area contributed by atoms with E-state index in [1.165, 1.54) is 6.20 Å². The van der Waals surface area contributed by atoms with E-state index in [2.05, 4.69) is 16.5 Å². The molecule has 0 saturated heterocycles. The van der Waals surface area contributed by atoms with Gasteiger partial charge in [0.2, 0.25) is 0 Å². The van der Waals surface area contributed by atoms with Gasteiger partial charge >= 0.3 is 0 Å². The van der Waals surface area contributed by atoms with Gasteiger partial charge in [0.15, 0.2) is 0 Å². The molecule has 0 unspecified atom stereocenters. The van der Waals surface area contributed by atoms with Crippen molar-refractivity contribution in [2.75, 3.05) is 0 Å². The third-order valence-corrected chi connectivity index (χ3v) is 2.25. The number of nitrogens with zero attached hydrogens (tertiary/aromatic N) is 2. The molecule has 0 N–H and O–H groups in total. The van der Waals surface area contributed by atoms with Crippen molar-refractivity contribution < 1.29 is 4.39 Å². The average molecular weight is 202 g/mol. The van der Waals surface area contributed by atoms with Crippen LogP contribution in [0.5, 0.6) is 0 Å². The van der Waals surface area contributed by atoms with Crippen LogP contribution in [0.4, 0.5) is 4.39 Å². The summed E-state index contributed by atoms with van der Waals surface area (Å²) in [5.41, 5.74) is 2.78. The zero-order valence-corrected chi connectivity index (χ0v) is 8.50. The van der Waals surface area contributed by atoms with Crippen LogP contribution in [0, 0.1) is 12.7 Å². The lowest BCUT2D eigenvalue weighted by Crippen LogP contribution is -1.96. The van der Waals surface area contributed by atoms with Crippen LogP contribution in [0.15, 0.2) is 31.0 Å². The van der Waals surface area contributed by atoms with Gasteiger partial charge in [0.25, 0.3) is 0 Å². The SMILES string of the molecule is C=CCc1c(F)cnc2ccc(C)nc12. The number of hydrogen-bond acceptors (Lipinski definition) is 2. The zero-order valence-electron chi connectivity index (χ0n) is 8.50. The lowest BCUT2D eigenvalue weighted by atomic mass is 10.1. The Morgan fingerprint density at radius 1 is 1.47 bits per heavy atom. The van der Waals surface area contributed by atoms with Crippen molar-refractivity contribution in [2.45, 2.75) is 13.3 Å². The van der Waals surface area contributed by atoms with Gasteiger partial charge in [-0.1, -0.05) is 6.08 Å². The number of pyridine rings is 2. The standard InChI is InChI=1S/C12H11FN2/c1-3-4-9-10(13)7-14-11-6-5-8(2)15-12(9)11/h3,5-7H,1,4H2,2H3. The van der Waals surface area contributed by atoms with Gasteiger partial charge in [-0.15, -0.1) is 6.58 Å². The number of halogens is 1. The Bertz CT molecular complexity index is 515. The minimum absolute atomic E-state index is 0.319. The molecular weight excluding hydrogens is 191 g/mol. The molecule has 0 aliphatic heterocycles. The number of allylic oxidation sites excluding steroid dienone is 1. The topological polar surface area (TPSA) is 25.8 Å². The van der Waals surface area contributed by atoms with Crippen molar-refractivity contribution >= 4 is 11.0 Å². The van der Waals surface area contributed by atoms with Gasteiger partial charge in [-0.05, 0) is 25.5 Å². The molecule has 0 radical (unpaired) electrons. The highest BCUT2D eigenvalue weighted by molar-refractivity contribution is 5.78. The molecular formula is C12H11FN2. The second-order valence-electron chi connectivity index (χ2n) is 3.40. The van der Waals surface area contributed by atoms with Gasteiger partial charge in [-0.25, -0.2) is 4.39 Å². The summed E-state index contributed by atoms with van der Waals surface area (Å²) in [6, 6.07) is 3.72. The Labute approximate surface area is 87.5 Å². The average Bonchev–Trinajstić information content (AvgIpc) is 2.23. The van der Waals surface area contributed by atoms with Gasteiger partial charge in [-0.3, -0.25) is 9.97 Å². The second-order valence-corrected chi connectivity index (χ2v) is 3.40. The summed E-state index contributed by atoms with van der Waals surface area (Å²) in [5.74, 6) is -0.319. The van der Waals surface area contributed by atoms with E-state index >= 15 is 0 Å². The maximum absolute atomic E-state index is 13.5. The molecule has 2 aromatic rings. The summed E-state index contributed by atoms with van der Waals surface area (Å²) < 4.78 is 13.5. The largest absolute Gasteiger partial charge is 0.252 e. The summed E-state index contributed by atoms with van der Waals surface area (Å²) >= 11 is 0. The highest BCUT2D eigenvalue weighted by atomic mass is 19.1. The van der Waals surface area contributed by atoms with Gasteiger partial charge < -0.3 is 0 Å². The summed E-state index contributed by atoms with van der Waals surface area (Å²) in [5, 5.41) is 0. The Kier molecular flexibility index (Phi) is 2.46. The summed E-state index contributed by atoms with van der Waals surface area (Å²) in [7, 11) is 0. The van der Waals surface area contributed by atoms with Crippen molar-refractivity contribution in [1.82, 2.24) is 9.97 Å². The molecule has 2 nitrogen and oxygen atoms in total. The molecule has 0 fully saturated rings. The molecule has 2 aromatic heterocycles. The van der Waals surface area contributed by atoms with E-state index in [1.807, 2.05) is 19.1 Å². The summed E-state index contributed by atoms with van der Waals surface area (Å²) in [6.45, 7) is 5.49. The number of fused-ring (bicyclic) bond motifs is 1. The fraction of sp³-hybridized carbons (Fsp3) is 0.167. The number of aromatic nitrogens is 2.